The summed E-state index contributed by atoms with van der Waals surface area (Å²) in [5.41, 5.74) is 1.02. The van der Waals surface area contributed by atoms with Gasteiger partial charge < -0.3 is 4.74 Å². The molecule has 138 valence electrons. The van der Waals surface area contributed by atoms with Crippen molar-refractivity contribution in [1.29, 1.82) is 0 Å². The van der Waals surface area contributed by atoms with Crippen LogP contribution in [0.25, 0.3) is 0 Å². The zero-order chi connectivity index (χ0) is 19.4. The third-order valence-electron chi connectivity index (χ3n) is 4.03. The van der Waals surface area contributed by atoms with Gasteiger partial charge in [0.05, 0.1) is 5.69 Å². The zero-order valence-corrected chi connectivity index (χ0v) is 15.3. The lowest BCUT2D eigenvalue weighted by atomic mass is 10.1. The van der Waals surface area contributed by atoms with Crippen LogP contribution in [0.15, 0.2) is 59.7 Å². The fourth-order valence-electron chi connectivity index (χ4n) is 2.63. The third-order valence-corrected chi connectivity index (χ3v) is 4.27. The molecule has 1 aliphatic heterocycles. The van der Waals surface area contributed by atoms with Gasteiger partial charge in [-0.1, -0.05) is 41.9 Å². The number of esters is 1. The van der Waals surface area contributed by atoms with E-state index >= 15 is 0 Å². The molecule has 1 atom stereocenters. The van der Waals surface area contributed by atoms with Crippen LogP contribution in [0.2, 0.25) is 5.02 Å². The monoisotopic (exact) mass is 384 g/mol. The second-order valence-electron chi connectivity index (χ2n) is 6.01. The third kappa shape index (κ3) is 4.41. The minimum Gasteiger partial charge on any atom is -0.450 e. The number of hydrazone groups is 1. The number of ketones is 1. The number of anilines is 1. The largest absolute Gasteiger partial charge is 0.450 e. The maximum Gasteiger partial charge on any atom is 0.355 e. The molecule has 0 radical (unpaired) electrons. The summed E-state index contributed by atoms with van der Waals surface area (Å²) >= 11 is 5.89. The fourth-order valence-corrected chi connectivity index (χ4v) is 2.82. The number of hydrogen-bond donors (Lipinski definition) is 0. The van der Waals surface area contributed by atoms with Crippen molar-refractivity contribution in [3.63, 3.8) is 0 Å². The molecule has 0 fully saturated rings. The van der Waals surface area contributed by atoms with E-state index in [0.29, 0.717) is 16.3 Å². The predicted octanol–water partition coefficient (Wildman–Crippen LogP) is 3.64. The van der Waals surface area contributed by atoms with Gasteiger partial charge in [0, 0.05) is 23.4 Å². The van der Waals surface area contributed by atoms with Gasteiger partial charge in [0.2, 0.25) is 11.7 Å². The number of halogens is 1. The number of hydrogen-bond acceptors (Lipinski definition) is 5. The van der Waals surface area contributed by atoms with E-state index in [9.17, 15) is 14.4 Å². The summed E-state index contributed by atoms with van der Waals surface area (Å²) in [6.07, 6.45) is -0.695. The Hall–Kier alpha value is -2.99. The van der Waals surface area contributed by atoms with Gasteiger partial charge in [0.1, 0.15) is 5.71 Å². The lowest BCUT2D eigenvalue weighted by Crippen LogP contribution is -2.36. The van der Waals surface area contributed by atoms with E-state index in [4.69, 9.17) is 16.3 Å². The van der Waals surface area contributed by atoms with Crippen LogP contribution >= 0.6 is 11.6 Å². The first kappa shape index (κ1) is 18.8. The zero-order valence-electron chi connectivity index (χ0n) is 14.6. The minimum absolute atomic E-state index is 0.101. The van der Waals surface area contributed by atoms with E-state index in [1.54, 1.807) is 42.5 Å². The molecule has 1 heterocycles. The SMILES string of the molecule is CC(OC(=O)C1=NN(c2ccccc2)C(=O)CC1)C(=O)c1cccc(Cl)c1. The number of Topliss-reactive ketones (excluding diaryl/α,β-unsaturated/α-hetero) is 1. The van der Waals surface area contributed by atoms with Gasteiger partial charge in [-0.15, -0.1) is 0 Å². The normalized spacial score (nSPS) is 15.1. The van der Waals surface area contributed by atoms with E-state index in [0.717, 1.165) is 0 Å². The molecule has 0 aromatic heterocycles. The summed E-state index contributed by atoms with van der Waals surface area (Å²) in [6, 6.07) is 15.2. The van der Waals surface area contributed by atoms with Crippen molar-refractivity contribution in [2.75, 3.05) is 5.01 Å². The van der Waals surface area contributed by atoms with Crippen LogP contribution in [0.4, 0.5) is 5.69 Å². The predicted molar refractivity (Wildman–Crippen MR) is 102 cm³/mol. The molecule has 6 nitrogen and oxygen atoms in total. The molecule has 0 saturated carbocycles. The number of ether oxygens (including phenoxy) is 1. The quantitative estimate of drug-likeness (QED) is 0.582. The molecule has 0 aliphatic carbocycles. The van der Waals surface area contributed by atoms with Crippen molar-refractivity contribution < 1.29 is 19.1 Å². The molecule has 2 aromatic rings. The fraction of sp³-hybridized carbons (Fsp3) is 0.200. The first-order valence-corrected chi connectivity index (χ1v) is 8.80. The summed E-state index contributed by atoms with van der Waals surface area (Å²) in [4.78, 5) is 36.9. The molecule has 1 amide bonds. The van der Waals surface area contributed by atoms with Gasteiger partial charge in [-0.2, -0.15) is 5.10 Å². The highest BCUT2D eigenvalue weighted by Crippen LogP contribution is 2.20. The first-order chi connectivity index (χ1) is 13.0. The molecule has 2 aromatic carbocycles. The van der Waals surface area contributed by atoms with Crippen molar-refractivity contribution in [1.82, 2.24) is 0 Å². The van der Waals surface area contributed by atoms with E-state index in [-0.39, 0.29) is 30.2 Å². The van der Waals surface area contributed by atoms with E-state index in [1.807, 2.05) is 6.07 Å². The highest BCUT2D eigenvalue weighted by atomic mass is 35.5. The van der Waals surface area contributed by atoms with Crippen molar-refractivity contribution in [2.45, 2.75) is 25.9 Å². The lowest BCUT2D eigenvalue weighted by Gasteiger charge is -2.23. The van der Waals surface area contributed by atoms with E-state index < -0.39 is 12.1 Å². The Labute approximate surface area is 161 Å². The Kier molecular flexibility index (Phi) is 5.66. The Bertz CT molecular complexity index is 911. The Morgan fingerprint density at radius 3 is 2.56 bits per heavy atom. The molecule has 1 aliphatic rings. The Morgan fingerprint density at radius 1 is 1.11 bits per heavy atom. The van der Waals surface area contributed by atoms with Crippen molar-refractivity contribution in [3.05, 3.63) is 65.2 Å². The van der Waals surface area contributed by atoms with Crippen LogP contribution in [-0.4, -0.2) is 29.5 Å². The first-order valence-electron chi connectivity index (χ1n) is 8.42. The molecule has 3 rings (SSSR count). The second kappa shape index (κ2) is 8.14. The number of carbonyl (C=O) groups is 3. The number of nitrogens with zero attached hydrogens (tertiary/aromatic N) is 2. The molecular formula is C20H17ClN2O4. The van der Waals surface area contributed by atoms with Gasteiger partial charge in [-0.25, -0.2) is 9.80 Å². The average molecular weight is 385 g/mol. The highest BCUT2D eigenvalue weighted by molar-refractivity contribution is 6.38. The van der Waals surface area contributed by atoms with Gasteiger partial charge in [-0.05, 0) is 31.2 Å². The Morgan fingerprint density at radius 2 is 1.85 bits per heavy atom. The highest BCUT2D eigenvalue weighted by Gasteiger charge is 2.28. The molecular weight excluding hydrogens is 368 g/mol. The van der Waals surface area contributed by atoms with E-state index in [2.05, 4.69) is 5.10 Å². The Balaban J connectivity index is 1.73. The van der Waals surface area contributed by atoms with Crippen LogP contribution in [0.3, 0.4) is 0 Å². The van der Waals surface area contributed by atoms with Gasteiger partial charge >= 0.3 is 5.97 Å². The van der Waals surface area contributed by atoms with Crippen LogP contribution in [0.1, 0.15) is 30.1 Å². The number of carbonyl (C=O) groups excluding carboxylic acids is 3. The molecule has 0 spiro atoms. The van der Waals surface area contributed by atoms with E-state index in [1.165, 1.54) is 18.0 Å². The van der Waals surface area contributed by atoms with Crippen LogP contribution < -0.4 is 5.01 Å². The number of rotatable bonds is 5. The van der Waals surface area contributed by atoms with Gasteiger partial charge in [-0.3, -0.25) is 9.59 Å². The maximum absolute atomic E-state index is 12.4. The second-order valence-corrected chi connectivity index (χ2v) is 6.45. The molecule has 27 heavy (non-hydrogen) atoms. The summed E-state index contributed by atoms with van der Waals surface area (Å²) in [5, 5.41) is 5.73. The molecule has 0 bridgehead atoms. The van der Waals surface area contributed by atoms with Gasteiger partial charge in [0.25, 0.3) is 0 Å². The maximum atomic E-state index is 12.4. The summed E-state index contributed by atoms with van der Waals surface area (Å²) in [7, 11) is 0. The number of benzene rings is 2. The molecule has 0 saturated heterocycles. The van der Waals surface area contributed by atoms with Gasteiger partial charge in [0.15, 0.2) is 6.10 Å². The topological polar surface area (TPSA) is 76.0 Å². The lowest BCUT2D eigenvalue weighted by molar-refractivity contribution is -0.138. The average Bonchev–Trinajstić information content (AvgIpc) is 2.68. The summed E-state index contributed by atoms with van der Waals surface area (Å²) in [5.74, 6) is -1.29. The number of para-hydroxylation sites is 1. The molecule has 1 unspecified atom stereocenters. The number of amides is 1. The van der Waals surface area contributed by atoms with Crippen molar-refractivity contribution >= 4 is 40.7 Å². The van der Waals surface area contributed by atoms with Crippen molar-refractivity contribution in [3.8, 4) is 0 Å². The van der Waals surface area contributed by atoms with Crippen LogP contribution in [0.5, 0.6) is 0 Å². The standard InChI is InChI=1S/C20H17ClN2O4/c1-13(19(25)14-6-5-7-15(21)12-14)27-20(26)17-10-11-18(24)23(22-17)16-8-3-2-4-9-16/h2-9,12-13H,10-11H2,1H3. The van der Waals surface area contributed by atoms with Crippen molar-refractivity contribution in [2.24, 2.45) is 5.10 Å². The van der Waals surface area contributed by atoms with Crippen LogP contribution in [-0.2, 0) is 14.3 Å². The smallest absolute Gasteiger partial charge is 0.355 e. The van der Waals surface area contributed by atoms with Crippen LogP contribution in [0, 0.1) is 0 Å². The molecule has 7 heteroatoms. The minimum atomic E-state index is -0.999. The summed E-state index contributed by atoms with van der Waals surface area (Å²) in [6.45, 7) is 1.49. The summed E-state index contributed by atoms with van der Waals surface area (Å²) < 4.78 is 5.27. The molecule has 0 N–H and O–H groups in total.